The number of rotatable bonds is 0. The molecular weight excluding hydrogens is 238 g/mol. The molecule has 1 aliphatic rings. The Kier molecular flexibility index (Phi) is 2.23. The Bertz CT molecular complexity index is 574. The number of hydrogen-bond acceptors (Lipinski definition) is 4. The predicted molar refractivity (Wildman–Crippen MR) is 53.2 cm³/mol. The van der Waals surface area contributed by atoms with Crippen LogP contribution in [0.15, 0.2) is 17.0 Å². The van der Waals surface area contributed by atoms with Gasteiger partial charge in [0.15, 0.2) is 9.84 Å². The number of sulfone groups is 1. The molecule has 2 rings (SSSR count). The zero-order chi connectivity index (χ0) is 11.2. The molecule has 1 unspecified atom stereocenters. The topological polar surface area (TPSA) is 78.2 Å². The molecule has 0 bridgehead atoms. The molecule has 4 nitrogen and oxygen atoms in total. The van der Waals surface area contributed by atoms with E-state index in [1.54, 1.807) is 6.07 Å². The minimum absolute atomic E-state index is 0.0780. The molecule has 1 aliphatic heterocycles. The number of aliphatic hydroxyl groups is 1. The summed E-state index contributed by atoms with van der Waals surface area (Å²) in [5, 5.41) is 18.4. The van der Waals surface area contributed by atoms with Gasteiger partial charge in [0.05, 0.1) is 27.3 Å². The van der Waals surface area contributed by atoms with E-state index in [-0.39, 0.29) is 26.8 Å². The second-order valence-corrected chi connectivity index (χ2v) is 5.63. The zero-order valence-corrected chi connectivity index (χ0v) is 9.01. The Morgan fingerprint density at radius 1 is 1.53 bits per heavy atom. The van der Waals surface area contributed by atoms with Crippen molar-refractivity contribution < 1.29 is 13.5 Å². The molecule has 0 fully saturated rings. The molecule has 1 N–H and O–H groups in total. The van der Waals surface area contributed by atoms with Gasteiger partial charge in [-0.3, -0.25) is 0 Å². The van der Waals surface area contributed by atoms with E-state index in [1.165, 1.54) is 12.1 Å². The van der Waals surface area contributed by atoms with Gasteiger partial charge in [-0.25, -0.2) is 8.42 Å². The average molecular weight is 244 g/mol. The van der Waals surface area contributed by atoms with E-state index in [0.717, 1.165) is 0 Å². The third-order valence-corrected chi connectivity index (χ3v) is 4.43. The molecule has 6 heteroatoms. The van der Waals surface area contributed by atoms with Crippen molar-refractivity contribution in [1.82, 2.24) is 0 Å². The second kappa shape index (κ2) is 3.20. The summed E-state index contributed by atoms with van der Waals surface area (Å²) in [5.41, 5.74) is 0.182. The Morgan fingerprint density at radius 3 is 2.80 bits per heavy atom. The molecule has 0 radical (unpaired) electrons. The summed E-state index contributed by atoms with van der Waals surface area (Å²) in [6, 6.07) is 4.61. The van der Waals surface area contributed by atoms with E-state index in [4.69, 9.17) is 16.9 Å². The quantitative estimate of drug-likeness (QED) is 0.738. The van der Waals surface area contributed by atoms with Gasteiger partial charge >= 0.3 is 0 Å². The van der Waals surface area contributed by atoms with E-state index in [0.29, 0.717) is 0 Å². The number of aliphatic hydroxyl groups excluding tert-OH is 1. The van der Waals surface area contributed by atoms with Gasteiger partial charge in [-0.05, 0) is 6.07 Å². The first-order valence-electron chi connectivity index (χ1n) is 4.10. The van der Waals surface area contributed by atoms with Gasteiger partial charge in [-0.1, -0.05) is 17.7 Å². The lowest BCUT2D eigenvalue weighted by molar-refractivity contribution is 0.204. The maximum absolute atomic E-state index is 11.6. The normalized spacial score (nSPS) is 22.1. The first-order chi connectivity index (χ1) is 6.97. The standard InChI is InChI=1S/C9H6ClNO3S/c10-7-2-1-5-8(12)4-15(13,14)9(5)6(7)3-11/h1-2,8,12H,4H2. The lowest BCUT2D eigenvalue weighted by Gasteiger charge is -2.03. The summed E-state index contributed by atoms with van der Waals surface area (Å²) < 4.78 is 23.3. The molecule has 1 aromatic rings. The van der Waals surface area contributed by atoms with E-state index in [9.17, 15) is 13.5 Å². The van der Waals surface area contributed by atoms with Gasteiger partial charge in [-0.2, -0.15) is 5.26 Å². The number of nitrogens with zero attached hydrogens (tertiary/aromatic N) is 1. The van der Waals surface area contributed by atoms with Crippen LogP contribution in [-0.4, -0.2) is 19.3 Å². The molecule has 0 amide bonds. The smallest absolute Gasteiger partial charge is 0.182 e. The van der Waals surface area contributed by atoms with E-state index in [2.05, 4.69) is 0 Å². The molecule has 0 saturated carbocycles. The molecule has 0 aromatic heterocycles. The molecule has 0 aliphatic carbocycles. The van der Waals surface area contributed by atoms with Crippen molar-refractivity contribution in [3.05, 3.63) is 28.3 Å². The van der Waals surface area contributed by atoms with Crippen LogP contribution in [0.1, 0.15) is 17.2 Å². The highest BCUT2D eigenvalue weighted by Gasteiger charge is 2.36. The van der Waals surface area contributed by atoms with Crippen LogP contribution >= 0.6 is 11.6 Å². The number of benzene rings is 1. The molecule has 1 aromatic carbocycles. The summed E-state index contributed by atoms with van der Waals surface area (Å²) in [5.74, 6) is -0.378. The van der Waals surface area contributed by atoms with Crippen molar-refractivity contribution in [2.24, 2.45) is 0 Å². The molecule has 0 saturated heterocycles. The van der Waals surface area contributed by atoms with Gasteiger partial charge in [0.25, 0.3) is 0 Å². The summed E-state index contributed by atoms with van der Waals surface area (Å²) in [4.78, 5) is -0.120. The van der Waals surface area contributed by atoms with Crippen molar-refractivity contribution in [3.8, 4) is 6.07 Å². The molecule has 0 spiro atoms. The second-order valence-electron chi connectivity index (χ2n) is 3.25. The van der Waals surface area contributed by atoms with Crippen molar-refractivity contribution in [3.63, 3.8) is 0 Å². The van der Waals surface area contributed by atoms with Crippen LogP contribution in [0.5, 0.6) is 0 Å². The van der Waals surface area contributed by atoms with Gasteiger partial charge in [0.2, 0.25) is 0 Å². The monoisotopic (exact) mass is 243 g/mol. The third-order valence-electron chi connectivity index (χ3n) is 2.30. The van der Waals surface area contributed by atoms with Gasteiger partial charge in [0.1, 0.15) is 6.07 Å². The summed E-state index contributed by atoms with van der Waals surface area (Å²) in [6.07, 6.45) is -1.06. The van der Waals surface area contributed by atoms with Crippen LogP contribution in [0.25, 0.3) is 0 Å². The lowest BCUT2D eigenvalue weighted by Crippen LogP contribution is -2.03. The highest BCUT2D eigenvalue weighted by Crippen LogP contribution is 2.38. The van der Waals surface area contributed by atoms with Crippen molar-refractivity contribution in [2.75, 3.05) is 5.75 Å². The van der Waals surface area contributed by atoms with Gasteiger partial charge < -0.3 is 5.11 Å². The third kappa shape index (κ3) is 1.42. The van der Waals surface area contributed by atoms with Crippen LogP contribution in [0.2, 0.25) is 5.02 Å². The van der Waals surface area contributed by atoms with Crippen LogP contribution in [-0.2, 0) is 9.84 Å². The minimum atomic E-state index is -3.58. The minimum Gasteiger partial charge on any atom is -0.387 e. The Hall–Kier alpha value is -1.09. The fraction of sp³-hybridized carbons (Fsp3) is 0.222. The first-order valence-corrected chi connectivity index (χ1v) is 6.13. The summed E-state index contributed by atoms with van der Waals surface area (Å²) in [6.45, 7) is 0. The molecular formula is C9H6ClNO3S. The SMILES string of the molecule is N#Cc1c(Cl)ccc2c1S(=O)(=O)CC2O. The van der Waals surface area contributed by atoms with Gasteiger partial charge in [0, 0.05) is 5.56 Å². The summed E-state index contributed by atoms with van der Waals surface area (Å²) >= 11 is 5.71. The Balaban J connectivity index is 2.89. The number of halogens is 1. The zero-order valence-electron chi connectivity index (χ0n) is 7.44. The summed E-state index contributed by atoms with van der Waals surface area (Å²) in [7, 11) is -3.58. The Labute approximate surface area is 91.6 Å². The van der Waals surface area contributed by atoms with Crippen LogP contribution in [0.4, 0.5) is 0 Å². The largest absolute Gasteiger partial charge is 0.387 e. The lowest BCUT2D eigenvalue weighted by atomic mass is 10.1. The van der Waals surface area contributed by atoms with Gasteiger partial charge in [-0.15, -0.1) is 0 Å². The fourth-order valence-electron chi connectivity index (χ4n) is 1.66. The fourth-order valence-corrected chi connectivity index (χ4v) is 3.70. The average Bonchev–Trinajstić information content (AvgIpc) is 2.37. The maximum Gasteiger partial charge on any atom is 0.182 e. The van der Waals surface area contributed by atoms with Crippen molar-refractivity contribution in [1.29, 1.82) is 5.26 Å². The van der Waals surface area contributed by atoms with Crippen LogP contribution in [0, 0.1) is 11.3 Å². The van der Waals surface area contributed by atoms with E-state index in [1.807, 2.05) is 0 Å². The Morgan fingerprint density at radius 2 is 2.20 bits per heavy atom. The highest BCUT2D eigenvalue weighted by molar-refractivity contribution is 7.91. The van der Waals surface area contributed by atoms with E-state index >= 15 is 0 Å². The number of hydrogen-bond donors (Lipinski definition) is 1. The molecule has 15 heavy (non-hydrogen) atoms. The van der Waals surface area contributed by atoms with Crippen LogP contribution in [0.3, 0.4) is 0 Å². The molecule has 1 atom stereocenters. The van der Waals surface area contributed by atoms with E-state index < -0.39 is 15.9 Å². The number of fused-ring (bicyclic) bond motifs is 1. The maximum atomic E-state index is 11.6. The van der Waals surface area contributed by atoms with Crippen molar-refractivity contribution in [2.45, 2.75) is 11.0 Å². The van der Waals surface area contributed by atoms with Crippen LogP contribution < -0.4 is 0 Å². The highest BCUT2D eigenvalue weighted by atomic mass is 35.5. The molecule has 1 heterocycles. The van der Waals surface area contributed by atoms with Crippen molar-refractivity contribution >= 4 is 21.4 Å². The molecule has 78 valence electrons. The predicted octanol–water partition coefficient (Wildman–Crippen LogP) is 1.03. The number of nitriles is 1. The first kappa shape index (κ1) is 10.4.